The van der Waals surface area contributed by atoms with Gasteiger partial charge in [-0.1, -0.05) is 23.7 Å². The summed E-state index contributed by atoms with van der Waals surface area (Å²) < 4.78 is 53.7. The molecule has 4 fully saturated rings. The lowest BCUT2D eigenvalue weighted by molar-refractivity contribution is -0.157. The number of likely N-dealkylation sites (tertiary alicyclic amines) is 1. The van der Waals surface area contributed by atoms with Crippen LogP contribution in [-0.4, -0.2) is 78.0 Å². The largest absolute Gasteiger partial charge is 0.304 e. The summed E-state index contributed by atoms with van der Waals surface area (Å²) in [6.45, 7) is 0.589. The van der Waals surface area contributed by atoms with Crippen molar-refractivity contribution in [1.82, 2.24) is 15.1 Å². The number of rotatable bonds is 6. The second-order valence-electron chi connectivity index (χ2n) is 10.6. The fourth-order valence-corrected chi connectivity index (χ4v) is 7.98. The number of hydrogen-bond donors (Lipinski definition) is 1. The van der Waals surface area contributed by atoms with Crippen molar-refractivity contribution < 1.29 is 26.8 Å². The summed E-state index contributed by atoms with van der Waals surface area (Å²) in [6, 6.07) is 6.49. The van der Waals surface area contributed by atoms with Crippen LogP contribution in [0.5, 0.6) is 0 Å². The van der Waals surface area contributed by atoms with Gasteiger partial charge in [0.15, 0.2) is 9.84 Å². The smallest absolute Gasteiger partial charge is 0.248 e. The van der Waals surface area contributed by atoms with E-state index >= 15 is 0 Å². The number of halogens is 3. The van der Waals surface area contributed by atoms with E-state index in [-0.39, 0.29) is 54.6 Å². The second-order valence-corrected chi connectivity index (χ2v) is 13.2. The molecule has 200 valence electrons. The van der Waals surface area contributed by atoms with Crippen LogP contribution in [0.1, 0.15) is 51.4 Å². The summed E-state index contributed by atoms with van der Waals surface area (Å²) in [5.41, 5.74) is -1.24. The summed E-state index contributed by atoms with van der Waals surface area (Å²) in [4.78, 5) is 30.3. The first-order valence-electron chi connectivity index (χ1n) is 12.6. The van der Waals surface area contributed by atoms with E-state index in [2.05, 4.69) is 11.4 Å². The Kier molecular flexibility index (Phi) is 6.84. The first-order chi connectivity index (χ1) is 17.5. The van der Waals surface area contributed by atoms with E-state index in [0.717, 1.165) is 4.90 Å². The molecule has 37 heavy (non-hydrogen) atoms. The lowest BCUT2D eigenvalue weighted by Crippen LogP contribution is -2.64. The highest BCUT2D eigenvalue weighted by Gasteiger charge is 2.58. The molecule has 2 saturated carbocycles. The van der Waals surface area contributed by atoms with Crippen molar-refractivity contribution in [3.63, 3.8) is 0 Å². The Morgan fingerprint density at radius 2 is 1.78 bits per heavy atom. The summed E-state index contributed by atoms with van der Waals surface area (Å²) in [6.07, 6.45) is 1.25. The van der Waals surface area contributed by atoms with Gasteiger partial charge in [0.05, 0.1) is 33.3 Å². The van der Waals surface area contributed by atoms with Gasteiger partial charge in [-0.25, -0.2) is 17.2 Å². The van der Waals surface area contributed by atoms with E-state index in [9.17, 15) is 32.0 Å². The summed E-state index contributed by atoms with van der Waals surface area (Å²) in [5.74, 6) is -3.79. The van der Waals surface area contributed by atoms with Crippen molar-refractivity contribution in [2.75, 3.05) is 13.1 Å². The first-order valence-corrected chi connectivity index (χ1v) is 14.6. The lowest BCUT2D eigenvalue weighted by Gasteiger charge is -2.48. The summed E-state index contributed by atoms with van der Waals surface area (Å²) in [5, 5.41) is 12.0. The van der Waals surface area contributed by atoms with Crippen LogP contribution < -0.4 is 5.32 Å². The number of carbonyl (C=O) groups is 2. The van der Waals surface area contributed by atoms with Crippen LogP contribution in [0.2, 0.25) is 5.02 Å². The number of imide groups is 1. The predicted molar refractivity (Wildman–Crippen MR) is 131 cm³/mol. The molecule has 0 radical (unpaired) electrons. The molecule has 0 spiro atoms. The van der Waals surface area contributed by atoms with Gasteiger partial charge in [-0.05, 0) is 50.7 Å². The minimum Gasteiger partial charge on any atom is -0.304 e. The maximum atomic E-state index is 13.7. The fourth-order valence-electron chi connectivity index (χ4n) is 5.79. The van der Waals surface area contributed by atoms with Gasteiger partial charge in [0.25, 0.3) is 0 Å². The Morgan fingerprint density at radius 1 is 1.11 bits per heavy atom. The molecule has 2 amide bonds. The SMILES string of the molecule is N#CC1(N(C(=O)C2CCN2C2CCC(F)(F)CC2)C(=O)[C@@H]2C[C@@H](S(=O)(=O)c3ccccc3Cl)CN2)CC1. The molecule has 1 aromatic carbocycles. The predicted octanol–water partition coefficient (Wildman–Crippen LogP) is 2.91. The molecular formula is C25H29ClF2N4O4S. The maximum Gasteiger partial charge on any atom is 0.248 e. The van der Waals surface area contributed by atoms with E-state index in [4.69, 9.17) is 11.6 Å². The van der Waals surface area contributed by atoms with Crippen molar-refractivity contribution >= 4 is 33.3 Å². The van der Waals surface area contributed by atoms with Gasteiger partial charge in [-0.15, -0.1) is 0 Å². The lowest BCUT2D eigenvalue weighted by atomic mass is 9.86. The molecule has 2 aliphatic heterocycles. The van der Waals surface area contributed by atoms with Crippen molar-refractivity contribution in [3.05, 3.63) is 29.3 Å². The standard InChI is InChI=1S/C25H29ClF2N4O4S/c26-18-3-1-2-4-21(18)37(35,36)17-13-19(30-14-17)22(33)32(24(15-29)10-11-24)23(34)20-7-12-31(20)16-5-8-25(27,28)9-6-16/h1-4,16-17,19-20,30H,5-14H2/t17-,19+,20?/m1/s1. The second kappa shape index (κ2) is 9.56. The first kappa shape index (κ1) is 26.5. The van der Waals surface area contributed by atoms with Gasteiger partial charge < -0.3 is 5.32 Å². The van der Waals surface area contributed by atoms with Crippen LogP contribution >= 0.6 is 11.6 Å². The zero-order chi connectivity index (χ0) is 26.6. The molecule has 2 heterocycles. The van der Waals surface area contributed by atoms with Gasteiger partial charge in [0.1, 0.15) is 5.54 Å². The average Bonchev–Trinajstić information content (AvgIpc) is 3.43. The van der Waals surface area contributed by atoms with Crippen LogP contribution in [0.25, 0.3) is 0 Å². The average molecular weight is 555 g/mol. The number of carbonyl (C=O) groups excluding carboxylic acids is 2. The van der Waals surface area contributed by atoms with Gasteiger partial charge in [-0.2, -0.15) is 5.26 Å². The Hall–Kier alpha value is -2.13. The molecule has 2 saturated heterocycles. The molecule has 1 aromatic rings. The molecule has 1 N–H and O–H groups in total. The molecule has 2 aliphatic carbocycles. The molecule has 0 bridgehead atoms. The van der Waals surface area contributed by atoms with Gasteiger partial charge in [0.2, 0.25) is 17.7 Å². The molecule has 0 aromatic heterocycles. The number of hydrogen-bond acceptors (Lipinski definition) is 7. The normalized spacial score (nSPS) is 29.2. The molecule has 4 aliphatic rings. The number of amides is 2. The van der Waals surface area contributed by atoms with Crippen LogP contribution in [0, 0.1) is 11.3 Å². The third-order valence-corrected chi connectivity index (χ3v) is 10.9. The number of benzene rings is 1. The van der Waals surface area contributed by atoms with Crippen molar-refractivity contribution in [2.45, 2.75) is 91.1 Å². The van der Waals surface area contributed by atoms with E-state index in [1.807, 2.05) is 4.90 Å². The topological polar surface area (TPSA) is 111 Å². The third-order valence-electron chi connectivity index (χ3n) is 8.27. The van der Waals surface area contributed by atoms with Crippen LogP contribution in [0.4, 0.5) is 8.78 Å². The summed E-state index contributed by atoms with van der Waals surface area (Å²) in [7, 11) is -3.83. The number of nitrogens with zero attached hydrogens (tertiary/aromatic N) is 3. The van der Waals surface area contributed by atoms with E-state index in [1.54, 1.807) is 12.1 Å². The minimum absolute atomic E-state index is 0.0108. The fraction of sp³-hybridized carbons (Fsp3) is 0.640. The molecule has 1 unspecified atom stereocenters. The Balaban J connectivity index is 1.32. The van der Waals surface area contributed by atoms with Crippen molar-refractivity contribution in [1.29, 1.82) is 5.26 Å². The van der Waals surface area contributed by atoms with Crippen molar-refractivity contribution in [3.8, 4) is 6.07 Å². The van der Waals surface area contributed by atoms with E-state index < -0.39 is 50.4 Å². The Morgan fingerprint density at radius 3 is 2.35 bits per heavy atom. The molecule has 8 nitrogen and oxygen atoms in total. The monoisotopic (exact) mass is 554 g/mol. The highest BCUT2D eigenvalue weighted by atomic mass is 35.5. The molecule has 3 atom stereocenters. The number of nitrogens with one attached hydrogen (secondary N) is 1. The Bertz CT molecular complexity index is 1240. The third kappa shape index (κ3) is 4.78. The quantitative estimate of drug-likeness (QED) is 0.538. The molecular weight excluding hydrogens is 526 g/mol. The van der Waals surface area contributed by atoms with Gasteiger partial charge in [0, 0.05) is 32.0 Å². The van der Waals surface area contributed by atoms with Gasteiger partial charge in [-0.3, -0.25) is 19.4 Å². The van der Waals surface area contributed by atoms with E-state index in [0.29, 0.717) is 25.8 Å². The number of sulfone groups is 1. The van der Waals surface area contributed by atoms with E-state index in [1.165, 1.54) is 12.1 Å². The minimum atomic E-state index is -3.83. The molecule has 5 rings (SSSR count). The van der Waals surface area contributed by atoms with Gasteiger partial charge >= 0.3 is 0 Å². The molecule has 12 heteroatoms. The highest BCUT2D eigenvalue weighted by Crippen LogP contribution is 2.44. The van der Waals surface area contributed by atoms with Crippen LogP contribution in [0.15, 0.2) is 29.2 Å². The van der Waals surface area contributed by atoms with Crippen LogP contribution in [0.3, 0.4) is 0 Å². The summed E-state index contributed by atoms with van der Waals surface area (Å²) >= 11 is 6.11. The number of alkyl halides is 2. The van der Waals surface area contributed by atoms with Crippen LogP contribution in [-0.2, 0) is 19.4 Å². The number of nitriles is 1. The zero-order valence-electron chi connectivity index (χ0n) is 20.2. The maximum absolute atomic E-state index is 13.7. The highest BCUT2D eigenvalue weighted by molar-refractivity contribution is 7.92. The Labute approximate surface area is 219 Å². The zero-order valence-corrected chi connectivity index (χ0v) is 21.8. The van der Waals surface area contributed by atoms with Crippen molar-refractivity contribution in [2.24, 2.45) is 0 Å².